The topological polar surface area (TPSA) is 79.5 Å². The van der Waals surface area contributed by atoms with E-state index in [-0.39, 0.29) is 12.8 Å². The highest BCUT2D eigenvalue weighted by atomic mass is 16.4. The number of benzene rings is 2. The predicted octanol–water partition coefficient (Wildman–Crippen LogP) is 4.15. The van der Waals surface area contributed by atoms with Crippen LogP contribution in [-0.2, 0) is 29.5 Å². The van der Waals surface area contributed by atoms with Crippen molar-refractivity contribution in [3.05, 3.63) is 47.5 Å². The Bertz CT molecular complexity index is 894. The van der Waals surface area contributed by atoms with E-state index in [2.05, 4.69) is 41.0 Å². The van der Waals surface area contributed by atoms with E-state index in [1.807, 2.05) is 7.05 Å². The largest absolute Gasteiger partial charge is 0.481 e. The summed E-state index contributed by atoms with van der Waals surface area (Å²) in [6, 6.07) is 12.6. The molecule has 3 aromatic rings. The molecule has 0 saturated carbocycles. The van der Waals surface area contributed by atoms with Gasteiger partial charge in [-0.05, 0) is 61.1 Å². The number of rotatable bonds is 8. The summed E-state index contributed by atoms with van der Waals surface area (Å²) in [6.45, 7) is 0. The van der Waals surface area contributed by atoms with Gasteiger partial charge in [-0.1, -0.05) is 12.1 Å². The van der Waals surface area contributed by atoms with Crippen LogP contribution in [0.3, 0.4) is 0 Å². The molecule has 5 heteroatoms. The number of aryl methyl sites for hydroxylation is 3. The van der Waals surface area contributed by atoms with Gasteiger partial charge < -0.3 is 14.8 Å². The van der Waals surface area contributed by atoms with E-state index >= 15 is 0 Å². The van der Waals surface area contributed by atoms with Gasteiger partial charge in [-0.15, -0.1) is 0 Å². The zero-order valence-corrected chi connectivity index (χ0v) is 14.9. The Morgan fingerprint density at radius 3 is 1.62 bits per heavy atom. The van der Waals surface area contributed by atoms with Crippen LogP contribution >= 0.6 is 0 Å². The van der Waals surface area contributed by atoms with Crippen LogP contribution in [0.5, 0.6) is 0 Å². The van der Waals surface area contributed by atoms with E-state index in [9.17, 15) is 9.59 Å². The minimum atomic E-state index is -0.762. The van der Waals surface area contributed by atoms with E-state index in [1.54, 1.807) is 0 Å². The standard InChI is InChI=1S/C21H23NO4/c1-22-18-10-8-14(4-2-6-20(23)24)12-16(18)17-13-15(9-11-19(17)22)5-3-7-21(25)26/h8-13H,2-7H2,1H3,(H,23,24)(H,25,26). The minimum absolute atomic E-state index is 0.182. The molecule has 0 saturated heterocycles. The molecule has 2 aromatic carbocycles. The highest BCUT2D eigenvalue weighted by Crippen LogP contribution is 2.30. The number of carboxylic acid groups (broad SMARTS) is 2. The first-order valence-corrected chi connectivity index (χ1v) is 8.89. The molecule has 0 fully saturated rings. The fourth-order valence-electron chi connectivity index (χ4n) is 3.51. The molecule has 1 heterocycles. The summed E-state index contributed by atoms with van der Waals surface area (Å²) in [5, 5.41) is 19.9. The molecule has 5 nitrogen and oxygen atoms in total. The summed E-state index contributed by atoms with van der Waals surface area (Å²) in [4.78, 5) is 21.4. The molecule has 0 bridgehead atoms. The van der Waals surface area contributed by atoms with Crippen molar-refractivity contribution in [3.8, 4) is 0 Å². The van der Waals surface area contributed by atoms with Crippen LogP contribution in [0.25, 0.3) is 21.8 Å². The van der Waals surface area contributed by atoms with Gasteiger partial charge in [-0.2, -0.15) is 0 Å². The third-order valence-electron chi connectivity index (χ3n) is 4.85. The fourth-order valence-corrected chi connectivity index (χ4v) is 3.51. The van der Waals surface area contributed by atoms with E-state index in [0.717, 1.165) is 45.8 Å². The van der Waals surface area contributed by atoms with E-state index in [4.69, 9.17) is 10.2 Å². The van der Waals surface area contributed by atoms with Crippen molar-refractivity contribution in [2.75, 3.05) is 0 Å². The van der Waals surface area contributed by atoms with Gasteiger partial charge in [0, 0.05) is 41.7 Å². The van der Waals surface area contributed by atoms with Gasteiger partial charge >= 0.3 is 11.9 Å². The molecular formula is C21H23NO4. The third-order valence-corrected chi connectivity index (χ3v) is 4.85. The number of carboxylic acids is 2. The molecule has 0 aliphatic rings. The molecule has 0 radical (unpaired) electrons. The first-order valence-electron chi connectivity index (χ1n) is 8.89. The fraction of sp³-hybridized carbons (Fsp3) is 0.333. The molecule has 3 rings (SSSR count). The molecule has 26 heavy (non-hydrogen) atoms. The maximum Gasteiger partial charge on any atom is 0.303 e. The predicted molar refractivity (Wildman–Crippen MR) is 102 cm³/mol. The summed E-state index contributed by atoms with van der Waals surface area (Å²) < 4.78 is 2.16. The van der Waals surface area contributed by atoms with Gasteiger partial charge in [0.2, 0.25) is 0 Å². The summed E-state index contributed by atoms with van der Waals surface area (Å²) >= 11 is 0. The molecule has 0 aliphatic heterocycles. The average molecular weight is 353 g/mol. The van der Waals surface area contributed by atoms with Crippen LogP contribution in [0.2, 0.25) is 0 Å². The first-order chi connectivity index (χ1) is 12.5. The summed E-state index contributed by atoms with van der Waals surface area (Å²) in [6.07, 6.45) is 3.12. The Hall–Kier alpha value is -2.82. The van der Waals surface area contributed by atoms with E-state index in [1.165, 1.54) is 0 Å². The molecule has 1 aromatic heterocycles. The molecule has 0 atom stereocenters. The summed E-state index contributed by atoms with van der Waals surface area (Å²) in [5.74, 6) is -1.52. The van der Waals surface area contributed by atoms with Gasteiger partial charge in [-0.3, -0.25) is 9.59 Å². The lowest BCUT2D eigenvalue weighted by molar-refractivity contribution is -0.138. The van der Waals surface area contributed by atoms with E-state index < -0.39 is 11.9 Å². The third kappa shape index (κ3) is 3.87. The number of nitrogens with zero attached hydrogens (tertiary/aromatic N) is 1. The van der Waals surface area contributed by atoms with Crippen LogP contribution in [0.4, 0.5) is 0 Å². The zero-order valence-electron chi connectivity index (χ0n) is 14.9. The number of hydrogen-bond donors (Lipinski definition) is 2. The molecule has 0 spiro atoms. The molecule has 0 unspecified atom stereocenters. The van der Waals surface area contributed by atoms with Gasteiger partial charge in [-0.25, -0.2) is 0 Å². The van der Waals surface area contributed by atoms with Crippen molar-refractivity contribution < 1.29 is 19.8 Å². The molecule has 2 N–H and O–H groups in total. The van der Waals surface area contributed by atoms with Crippen molar-refractivity contribution >= 4 is 33.7 Å². The highest BCUT2D eigenvalue weighted by molar-refractivity contribution is 6.08. The lowest BCUT2D eigenvalue weighted by atomic mass is 10.0. The van der Waals surface area contributed by atoms with Crippen LogP contribution in [0, 0.1) is 0 Å². The van der Waals surface area contributed by atoms with Gasteiger partial charge in [0.15, 0.2) is 0 Å². The smallest absolute Gasteiger partial charge is 0.303 e. The monoisotopic (exact) mass is 353 g/mol. The quantitative estimate of drug-likeness (QED) is 0.638. The second-order valence-corrected chi connectivity index (χ2v) is 6.76. The van der Waals surface area contributed by atoms with Gasteiger partial charge in [0.05, 0.1) is 0 Å². The van der Waals surface area contributed by atoms with Crippen LogP contribution in [-0.4, -0.2) is 26.7 Å². The summed E-state index contributed by atoms with van der Waals surface area (Å²) in [5.41, 5.74) is 4.57. The first kappa shape index (κ1) is 18.0. The van der Waals surface area contributed by atoms with Gasteiger partial charge in [0.1, 0.15) is 0 Å². The van der Waals surface area contributed by atoms with Crippen molar-refractivity contribution in [1.29, 1.82) is 0 Å². The Kier molecular flexibility index (Phi) is 5.26. The highest BCUT2D eigenvalue weighted by Gasteiger charge is 2.10. The van der Waals surface area contributed by atoms with Crippen molar-refractivity contribution in [3.63, 3.8) is 0 Å². The number of fused-ring (bicyclic) bond motifs is 3. The molecule has 136 valence electrons. The minimum Gasteiger partial charge on any atom is -0.481 e. The van der Waals surface area contributed by atoms with Gasteiger partial charge in [0.25, 0.3) is 0 Å². The molecule has 0 aliphatic carbocycles. The van der Waals surface area contributed by atoms with E-state index in [0.29, 0.717) is 12.8 Å². The number of hydrogen-bond acceptors (Lipinski definition) is 2. The Morgan fingerprint density at radius 2 is 1.23 bits per heavy atom. The number of carbonyl (C=O) groups is 2. The van der Waals surface area contributed by atoms with Crippen LogP contribution < -0.4 is 0 Å². The Morgan fingerprint density at radius 1 is 0.808 bits per heavy atom. The normalized spacial score (nSPS) is 11.3. The van der Waals surface area contributed by atoms with Crippen LogP contribution in [0.1, 0.15) is 36.8 Å². The molecule has 0 amide bonds. The number of aromatic nitrogens is 1. The van der Waals surface area contributed by atoms with Crippen LogP contribution in [0.15, 0.2) is 36.4 Å². The Balaban J connectivity index is 1.91. The Labute approximate surface area is 151 Å². The molecular weight excluding hydrogens is 330 g/mol. The summed E-state index contributed by atoms with van der Waals surface area (Å²) in [7, 11) is 2.04. The maximum atomic E-state index is 10.7. The maximum absolute atomic E-state index is 10.7. The average Bonchev–Trinajstić information content (AvgIpc) is 2.86. The lowest BCUT2D eigenvalue weighted by Crippen LogP contribution is -1.96. The van der Waals surface area contributed by atoms with Crippen molar-refractivity contribution in [2.45, 2.75) is 38.5 Å². The van der Waals surface area contributed by atoms with Crippen molar-refractivity contribution in [2.24, 2.45) is 7.05 Å². The second kappa shape index (κ2) is 7.60. The van der Waals surface area contributed by atoms with Crippen molar-refractivity contribution in [1.82, 2.24) is 4.57 Å². The SMILES string of the molecule is Cn1c2ccc(CCCC(=O)O)cc2c2cc(CCCC(=O)O)ccc21. The number of aliphatic carboxylic acids is 2. The lowest BCUT2D eigenvalue weighted by Gasteiger charge is -2.02. The zero-order chi connectivity index (χ0) is 18.7. The second-order valence-electron chi connectivity index (χ2n) is 6.76.